The summed E-state index contributed by atoms with van der Waals surface area (Å²) in [6.45, 7) is 2.20. The minimum Gasteiger partial charge on any atom is -0.495 e. The Morgan fingerprint density at radius 1 is 1.21 bits per heavy atom. The number of hydrogen-bond donors (Lipinski definition) is 1. The van der Waals surface area contributed by atoms with Crippen LogP contribution in [-0.4, -0.2) is 12.2 Å². The maximum absolute atomic E-state index is 10.4. The number of aryl methyl sites for hydroxylation is 1. The molecule has 1 aromatic carbocycles. The molecule has 2 rings (SSSR count). The monoisotopic (exact) mass is 276 g/mol. The molecule has 0 radical (unpaired) electrons. The Bertz CT molecular complexity index is 502. The molecule has 0 aliphatic rings. The molecule has 0 spiro atoms. The number of unbranched alkanes of at least 4 members (excludes halogenated alkanes) is 1. The highest BCUT2D eigenvalue weighted by atomic mass is 32.1. The lowest BCUT2D eigenvalue weighted by Gasteiger charge is -2.12. The number of rotatable bonds is 6. The van der Waals surface area contributed by atoms with E-state index >= 15 is 0 Å². The zero-order valence-corrected chi connectivity index (χ0v) is 12.2. The summed E-state index contributed by atoms with van der Waals surface area (Å²) in [5.74, 6) is 0.757. The predicted octanol–water partition coefficient (Wildman–Crippen LogP) is 4.18. The van der Waals surface area contributed by atoms with Crippen LogP contribution in [0.5, 0.6) is 5.75 Å². The first-order valence-electron chi connectivity index (χ1n) is 6.64. The fourth-order valence-corrected chi connectivity index (χ4v) is 2.95. The maximum atomic E-state index is 10.4. The molecule has 0 amide bonds. The van der Waals surface area contributed by atoms with E-state index in [1.807, 2.05) is 23.6 Å². The van der Waals surface area contributed by atoms with Gasteiger partial charge in [-0.05, 0) is 35.4 Å². The molecule has 1 aromatic heterocycles. The van der Waals surface area contributed by atoms with Crippen LogP contribution in [0.3, 0.4) is 0 Å². The Balaban J connectivity index is 2.13. The third kappa shape index (κ3) is 3.37. The summed E-state index contributed by atoms with van der Waals surface area (Å²) < 4.78 is 5.26. The number of benzene rings is 1. The zero-order valence-electron chi connectivity index (χ0n) is 11.4. The van der Waals surface area contributed by atoms with Crippen molar-refractivity contribution in [1.82, 2.24) is 0 Å². The summed E-state index contributed by atoms with van der Waals surface area (Å²) in [7, 11) is 1.63. The standard InChI is InChI=1S/C16H20O2S/c1-3-4-5-12-6-8-13(9-7-12)15(17)16-14(18-2)10-11-19-16/h6-11,15,17H,3-5H2,1-2H3. The van der Waals surface area contributed by atoms with Crippen LogP contribution in [0, 0.1) is 0 Å². The average Bonchev–Trinajstić information content (AvgIpc) is 2.93. The first-order chi connectivity index (χ1) is 9.26. The number of aliphatic hydroxyl groups excluding tert-OH is 1. The topological polar surface area (TPSA) is 29.5 Å². The maximum Gasteiger partial charge on any atom is 0.135 e. The second-order valence-electron chi connectivity index (χ2n) is 4.60. The minimum absolute atomic E-state index is 0.602. The van der Waals surface area contributed by atoms with Gasteiger partial charge in [-0.1, -0.05) is 37.6 Å². The van der Waals surface area contributed by atoms with Crippen molar-refractivity contribution in [3.05, 3.63) is 51.7 Å². The van der Waals surface area contributed by atoms with E-state index in [4.69, 9.17) is 4.74 Å². The van der Waals surface area contributed by atoms with E-state index in [0.29, 0.717) is 0 Å². The summed E-state index contributed by atoms with van der Waals surface area (Å²) in [5.41, 5.74) is 2.25. The number of thiophene rings is 1. The van der Waals surface area contributed by atoms with E-state index in [2.05, 4.69) is 19.1 Å². The number of hydrogen-bond acceptors (Lipinski definition) is 3. The molecule has 1 N–H and O–H groups in total. The molecule has 1 unspecified atom stereocenters. The zero-order chi connectivity index (χ0) is 13.7. The van der Waals surface area contributed by atoms with Crippen molar-refractivity contribution in [3.63, 3.8) is 0 Å². The van der Waals surface area contributed by atoms with Crippen LogP contribution >= 0.6 is 11.3 Å². The molecule has 102 valence electrons. The highest BCUT2D eigenvalue weighted by molar-refractivity contribution is 7.10. The van der Waals surface area contributed by atoms with E-state index in [-0.39, 0.29) is 0 Å². The van der Waals surface area contributed by atoms with Gasteiger partial charge < -0.3 is 9.84 Å². The van der Waals surface area contributed by atoms with Gasteiger partial charge in [0.2, 0.25) is 0 Å². The lowest BCUT2D eigenvalue weighted by Crippen LogP contribution is -1.99. The molecule has 2 aromatic rings. The van der Waals surface area contributed by atoms with Crippen LogP contribution in [0.15, 0.2) is 35.7 Å². The Morgan fingerprint density at radius 3 is 2.58 bits per heavy atom. The predicted molar refractivity (Wildman–Crippen MR) is 80.0 cm³/mol. The molecule has 0 saturated carbocycles. The van der Waals surface area contributed by atoms with Gasteiger partial charge in [0, 0.05) is 0 Å². The normalized spacial score (nSPS) is 12.4. The van der Waals surface area contributed by atoms with Gasteiger partial charge in [0.1, 0.15) is 11.9 Å². The Morgan fingerprint density at radius 2 is 1.95 bits per heavy atom. The quantitative estimate of drug-likeness (QED) is 0.857. The van der Waals surface area contributed by atoms with E-state index in [0.717, 1.165) is 22.6 Å². The van der Waals surface area contributed by atoms with Crippen LogP contribution in [-0.2, 0) is 6.42 Å². The van der Waals surface area contributed by atoms with Crippen molar-refractivity contribution < 1.29 is 9.84 Å². The molecule has 19 heavy (non-hydrogen) atoms. The second kappa shape index (κ2) is 6.73. The summed E-state index contributed by atoms with van der Waals surface area (Å²) in [6.07, 6.45) is 2.92. The molecule has 3 heteroatoms. The molecule has 2 nitrogen and oxygen atoms in total. The highest BCUT2D eigenvalue weighted by Gasteiger charge is 2.16. The smallest absolute Gasteiger partial charge is 0.135 e. The fourth-order valence-electron chi connectivity index (χ4n) is 2.08. The van der Waals surface area contributed by atoms with Gasteiger partial charge in [-0.3, -0.25) is 0 Å². The second-order valence-corrected chi connectivity index (χ2v) is 5.55. The van der Waals surface area contributed by atoms with Crippen molar-refractivity contribution in [3.8, 4) is 5.75 Å². The SMILES string of the molecule is CCCCc1ccc(C(O)c2sccc2OC)cc1. The van der Waals surface area contributed by atoms with Crippen LogP contribution in [0.2, 0.25) is 0 Å². The molecule has 0 aliphatic carbocycles. The Kier molecular flexibility index (Phi) is 5.00. The molecule has 0 saturated heterocycles. The Hall–Kier alpha value is -1.32. The number of aliphatic hydroxyl groups is 1. The van der Waals surface area contributed by atoms with Gasteiger partial charge in [-0.15, -0.1) is 11.3 Å². The number of methoxy groups -OCH3 is 1. The van der Waals surface area contributed by atoms with Crippen LogP contribution in [0.25, 0.3) is 0 Å². The van der Waals surface area contributed by atoms with Gasteiger partial charge in [-0.25, -0.2) is 0 Å². The summed E-state index contributed by atoms with van der Waals surface area (Å²) in [4.78, 5) is 0.865. The third-order valence-corrected chi connectivity index (χ3v) is 4.19. The van der Waals surface area contributed by atoms with Crippen LogP contribution in [0.4, 0.5) is 0 Å². The first-order valence-corrected chi connectivity index (χ1v) is 7.52. The lowest BCUT2D eigenvalue weighted by molar-refractivity contribution is 0.219. The van der Waals surface area contributed by atoms with E-state index in [9.17, 15) is 5.11 Å². The van der Waals surface area contributed by atoms with Crippen molar-refractivity contribution in [2.45, 2.75) is 32.3 Å². The van der Waals surface area contributed by atoms with Gasteiger partial charge in [-0.2, -0.15) is 0 Å². The van der Waals surface area contributed by atoms with Gasteiger partial charge in [0.25, 0.3) is 0 Å². The largest absolute Gasteiger partial charge is 0.495 e. The first kappa shape index (κ1) is 14.1. The van der Waals surface area contributed by atoms with Crippen molar-refractivity contribution in [2.75, 3.05) is 7.11 Å². The van der Waals surface area contributed by atoms with Crippen LogP contribution in [0.1, 0.15) is 41.9 Å². The van der Waals surface area contributed by atoms with Crippen LogP contribution < -0.4 is 4.74 Å². The summed E-state index contributed by atoms with van der Waals surface area (Å²) in [6, 6.07) is 10.1. The summed E-state index contributed by atoms with van der Waals surface area (Å²) >= 11 is 1.52. The summed E-state index contributed by atoms with van der Waals surface area (Å²) in [5, 5.41) is 12.3. The van der Waals surface area contributed by atoms with E-state index in [1.165, 1.54) is 29.7 Å². The number of ether oxygens (including phenoxy) is 1. The van der Waals surface area contributed by atoms with E-state index < -0.39 is 6.10 Å². The fraction of sp³-hybridized carbons (Fsp3) is 0.375. The van der Waals surface area contributed by atoms with Crippen molar-refractivity contribution in [2.24, 2.45) is 0 Å². The lowest BCUT2D eigenvalue weighted by atomic mass is 10.0. The molecular weight excluding hydrogens is 256 g/mol. The van der Waals surface area contributed by atoms with Gasteiger partial charge in [0.15, 0.2) is 0 Å². The molecule has 1 heterocycles. The minimum atomic E-state index is -0.602. The average molecular weight is 276 g/mol. The Labute approximate surface area is 118 Å². The highest BCUT2D eigenvalue weighted by Crippen LogP contribution is 2.34. The molecule has 0 fully saturated rings. The third-order valence-electron chi connectivity index (χ3n) is 3.24. The van der Waals surface area contributed by atoms with Gasteiger partial charge in [0.05, 0.1) is 12.0 Å². The van der Waals surface area contributed by atoms with Crippen molar-refractivity contribution >= 4 is 11.3 Å². The molecule has 0 aliphatic heterocycles. The molecule has 0 bridgehead atoms. The van der Waals surface area contributed by atoms with E-state index in [1.54, 1.807) is 7.11 Å². The van der Waals surface area contributed by atoms with Gasteiger partial charge >= 0.3 is 0 Å². The molecular formula is C16H20O2S. The molecule has 1 atom stereocenters. The van der Waals surface area contributed by atoms with Crippen molar-refractivity contribution in [1.29, 1.82) is 0 Å².